The van der Waals surface area contributed by atoms with Crippen LogP contribution in [-0.4, -0.2) is 12.2 Å². The van der Waals surface area contributed by atoms with Gasteiger partial charge in [-0.15, -0.1) is 0 Å². The number of ether oxygens (including phenoxy) is 2. The lowest BCUT2D eigenvalue weighted by molar-refractivity contribution is 0.223. The molecule has 0 saturated heterocycles. The van der Waals surface area contributed by atoms with Crippen LogP contribution in [0.4, 0.5) is 0 Å². The molecule has 0 spiro atoms. The standard InChI is InChI=1S/C20H22O3/c1-14-6-5-7-15-13-16(22-2)10-11-19(15)23-20-9-4-3-8-17(20)18(21)12-14/h3-4,8-13,18,21H,5-7H2,1-2H3/b14-12+. The minimum Gasteiger partial charge on any atom is -0.497 e. The van der Waals surface area contributed by atoms with Gasteiger partial charge in [-0.05, 0) is 56.0 Å². The van der Waals surface area contributed by atoms with E-state index in [1.165, 1.54) is 5.57 Å². The molecule has 0 amide bonds. The molecule has 3 rings (SSSR count). The van der Waals surface area contributed by atoms with Gasteiger partial charge in [0.25, 0.3) is 0 Å². The molecule has 0 saturated carbocycles. The number of hydrogen-bond donors (Lipinski definition) is 1. The van der Waals surface area contributed by atoms with E-state index >= 15 is 0 Å². The fraction of sp³-hybridized carbons (Fsp3) is 0.300. The zero-order valence-corrected chi connectivity index (χ0v) is 13.6. The Morgan fingerprint density at radius 3 is 2.74 bits per heavy atom. The van der Waals surface area contributed by atoms with E-state index < -0.39 is 6.10 Å². The molecule has 0 radical (unpaired) electrons. The largest absolute Gasteiger partial charge is 0.497 e. The van der Waals surface area contributed by atoms with Gasteiger partial charge in [0.1, 0.15) is 23.4 Å². The molecular formula is C20H22O3. The first-order valence-electron chi connectivity index (χ1n) is 7.96. The summed E-state index contributed by atoms with van der Waals surface area (Å²) in [4.78, 5) is 0. The first-order valence-corrected chi connectivity index (χ1v) is 7.96. The molecule has 0 aromatic heterocycles. The van der Waals surface area contributed by atoms with Gasteiger partial charge in [0.05, 0.1) is 7.11 Å². The van der Waals surface area contributed by atoms with Gasteiger partial charge in [0.2, 0.25) is 0 Å². The predicted octanol–water partition coefficient (Wildman–Crippen LogP) is 4.80. The van der Waals surface area contributed by atoms with Crippen molar-refractivity contribution < 1.29 is 14.6 Å². The van der Waals surface area contributed by atoms with Crippen LogP contribution in [0.25, 0.3) is 0 Å². The number of para-hydroxylation sites is 1. The highest BCUT2D eigenvalue weighted by Gasteiger charge is 2.15. The van der Waals surface area contributed by atoms with E-state index in [1.54, 1.807) is 7.11 Å². The molecule has 1 N–H and O–H groups in total. The Morgan fingerprint density at radius 1 is 1.09 bits per heavy atom. The molecule has 0 aliphatic carbocycles. The molecule has 3 nitrogen and oxygen atoms in total. The van der Waals surface area contributed by atoms with Gasteiger partial charge >= 0.3 is 0 Å². The highest BCUT2D eigenvalue weighted by molar-refractivity contribution is 5.46. The number of hydrogen-bond acceptors (Lipinski definition) is 3. The number of aryl methyl sites for hydroxylation is 1. The number of aliphatic hydroxyl groups is 1. The molecule has 120 valence electrons. The first-order chi connectivity index (χ1) is 11.2. The minimum absolute atomic E-state index is 0.647. The van der Waals surface area contributed by atoms with Crippen molar-refractivity contribution in [2.45, 2.75) is 32.3 Å². The summed E-state index contributed by atoms with van der Waals surface area (Å²) >= 11 is 0. The predicted molar refractivity (Wildman–Crippen MR) is 91.2 cm³/mol. The summed E-state index contributed by atoms with van der Waals surface area (Å²) in [6, 6.07) is 13.5. The van der Waals surface area contributed by atoms with Crippen LogP contribution in [0, 0.1) is 0 Å². The first kappa shape index (κ1) is 15.6. The normalized spacial score (nSPS) is 20.1. The molecule has 1 unspecified atom stereocenters. The van der Waals surface area contributed by atoms with Crippen LogP contribution in [0.3, 0.4) is 0 Å². The highest BCUT2D eigenvalue weighted by atomic mass is 16.5. The van der Waals surface area contributed by atoms with Gasteiger partial charge < -0.3 is 14.6 Å². The maximum Gasteiger partial charge on any atom is 0.133 e. The minimum atomic E-state index is -0.647. The van der Waals surface area contributed by atoms with E-state index in [9.17, 15) is 5.11 Å². The Morgan fingerprint density at radius 2 is 1.91 bits per heavy atom. The molecule has 1 aliphatic heterocycles. The van der Waals surface area contributed by atoms with Gasteiger partial charge in [-0.1, -0.05) is 29.8 Å². The van der Waals surface area contributed by atoms with E-state index in [-0.39, 0.29) is 0 Å². The monoisotopic (exact) mass is 310 g/mol. The Hall–Kier alpha value is -2.26. The summed E-state index contributed by atoms with van der Waals surface area (Å²) in [5.74, 6) is 2.35. The van der Waals surface area contributed by atoms with Crippen molar-refractivity contribution in [3.05, 3.63) is 65.2 Å². The maximum absolute atomic E-state index is 10.5. The second-order valence-corrected chi connectivity index (χ2v) is 5.92. The lowest BCUT2D eigenvalue weighted by Gasteiger charge is -2.16. The van der Waals surface area contributed by atoms with Gasteiger partial charge in [-0.25, -0.2) is 0 Å². The zero-order valence-electron chi connectivity index (χ0n) is 13.6. The van der Waals surface area contributed by atoms with Crippen LogP contribution in [0.15, 0.2) is 54.1 Å². The van der Waals surface area contributed by atoms with Gasteiger partial charge in [0, 0.05) is 5.56 Å². The lowest BCUT2D eigenvalue weighted by Crippen LogP contribution is -1.99. The maximum atomic E-state index is 10.5. The fourth-order valence-electron chi connectivity index (χ4n) is 2.91. The Balaban J connectivity index is 2.07. The van der Waals surface area contributed by atoms with Crippen LogP contribution < -0.4 is 9.47 Å². The lowest BCUT2D eigenvalue weighted by atomic mass is 10.0. The second-order valence-electron chi connectivity index (χ2n) is 5.92. The van der Waals surface area contributed by atoms with Crippen LogP contribution in [-0.2, 0) is 6.42 Å². The number of fused-ring (bicyclic) bond motifs is 2. The van der Waals surface area contributed by atoms with Gasteiger partial charge in [-0.3, -0.25) is 0 Å². The van der Waals surface area contributed by atoms with Crippen molar-refractivity contribution in [3.8, 4) is 17.2 Å². The third-order valence-corrected chi connectivity index (χ3v) is 4.18. The molecule has 2 aromatic rings. The van der Waals surface area contributed by atoms with E-state index in [0.29, 0.717) is 5.75 Å². The summed E-state index contributed by atoms with van der Waals surface area (Å²) in [6.07, 6.45) is 4.14. The third kappa shape index (κ3) is 3.57. The Labute approximate surface area is 137 Å². The highest BCUT2D eigenvalue weighted by Crippen LogP contribution is 2.35. The van der Waals surface area contributed by atoms with Crippen molar-refractivity contribution in [1.29, 1.82) is 0 Å². The molecule has 3 heteroatoms. The number of methoxy groups -OCH3 is 1. The van der Waals surface area contributed by atoms with Gasteiger partial charge in [0.15, 0.2) is 0 Å². The average molecular weight is 310 g/mol. The molecule has 0 bridgehead atoms. The Bertz CT molecular complexity index is 719. The number of aliphatic hydroxyl groups excluding tert-OH is 1. The number of allylic oxidation sites excluding steroid dienone is 1. The summed E-state index contributed by atoms with van der Waals surface area (Å²) in [6.45, 7) is 2.07. The van der Waals surface area contributed by atoms with E-state index in [0.717, 1.165) is 41.9 Å². The Kier molecular flexibility index (Phi) is 4.68. The average Bonchev–Trinajstić information content (AvgIpc) is 2.58. The summed E-state index contributed by atoms with van der Waals surface area (Å²) < 4.78 is 11.5. The van der Waals surface area contributed by atoms with Crippen LogP contribution >= 0.6 is 0 Å². The van der Waals surface area contributed by atoms with Crippen molar-refractivity contribution in [3.63, 3.8) is 0 Å². The quantitative estimate of drug-likeness (QED) is 0.769. The van der Waals surface area contributed by atoms with Crippen molar-refractivity contribution >= 4 is 0 Å². The van der Waals surface area contributed by atoms with E-state index in [2.05, 4.69) is 6.92 Å². The SMILES string of the molecule is COc1ccc2c(c1)CCC/C(C)=C/C(O)c1ccccc1O2. The zero-order chi connectivity index (χ0) is 16.2. The van der Waals surface area contributed by atoms with Crippen LogP contribution in [0.2, 0.25) is 0 Å². The third-order valence-electron chi connectivity index (χ3n) is 4.18. The molecule has 1 aliphatic rings. The van der Waals surface area contributed by atoms with E-state index in [1.807, 2.05) is 48.5 Å². The summed E-state index contributed by atoms with van der Waals surface area (Å²) in [5, 5.41) is 10.5. The second kappa shape index (κ2) is 6.88. The summed E-state index contributed by atoms with van der Waals surface area (Å²) in [5.41, 5.74) is 3.11. The van der Waals surface area contributed by atoms with Crippen LogP contribution in [0.5, 0.6) is 17.2 Å². The smallest absolute Gasteiger partial charge is 0.133 e. The summed E-state index contributed by atoms with van der Waals surface area (Å²) in [7, 11) is 1.67. The van der Waals surface area contributed by atoms with Crippen molar-refractivity contribution in [2.24, 2.45) is 0 Å². The van der Waals surface area contributed by atoms with Crippen LogP contribution in [0.1, 0.15) is 37.0 Å². The topological polar surface area (TPSA) is 38.7 Å². The number of rotatable bonds is 1. The fourth-order valence-corrected chi connectivity index (χ4v) is 2.91. The van der Waals surface area contributed by atoms with Crippen molar-refractivity contribution in [2.75, 3.05) is 7.11 Å². The molecular weight excluding hydrogens is 288 g/mol. The van der Waals surface area contributed by atoms with E-state index in [4.69, 9.17) is 9.47 Å². The molecule has 0 fully saturated rings. The molecule has 2 aromatic carbocycles. The molecule has 1 heterocycles. The van der Waals surface area contributed by atoms with Gasteiger partial charge in [-0.2, -0.15) is 0 Å². The van der Waals surface area contributed by atoms with Crippen molar-refractivity contribution in [1.82, 2.24) is 0 Å². The molecule has 1 atom stereocenters. The number of benzene rings is 2. The molecule has 23 heavy (non-hydrogen) atoms.